The van der Waals surface area contributed by atoms with Gasteiger partial charge >= 0.3 is 0 Å². The number of hydrazone groups is 1. The van der Waals surface area contributed by atoms with Gasteiger partial charge in [-0.25, -0.2) is 5.43 Å². The van der Waals surface area contributed by atoms with E-state index in [-0.39, 0.29) is 5.91 Å². The molecule has 20 heavy (non-hydrogen) atoms. The summed E-state index contributed by atoms with van der Waals surface area (Å²) in [6.07, 6.45) is 0. The van der Waals surface area contributed by atoms with E-state index in [1.165, 1.54) is 7.11 Å². The van der Waals surface area contributed by atoms with E-state index in [9.17, 15) is 4.79 Å². The van der Waals surface area contributed by atoms with Crippen LogP contribution >= 0.6 is 27.3 Å². The number of nitrogens with zero attached hydrogens (tertiary/aromatic N) is 1. The number of benzene rings is 1. The maximum absolute atomic E-state index is 12.1. The van der Waals surface area contributed by atoms with Crippen LogP contribution in [0.25, 0.3) is 0 Å². The molecule has 0 unspecified atom stereocenters. The molecule has 0 spiro atoms. The van der Waals surface area contributed by atoms with E-state index >= 15 is 0 Å². The molecule has 6 heteroatoms. The Labute approximate surface area is 129 Å². The zero-order valence-electron chi connectivity index (χ0n) is 11.0. The van der Waals surface area contributed by atoms with Gasteiger partial charge in [-0.1, -0.05) is 12.1 Å². The fourth-order valence-corrected chi connectivity index (χ4v) is 2.92. The minimum atomic E-state index is -0.294. The molecule has 0 aliphatic rings. The van der Waals surface area contributed by atoms with Crippen molar-refractivity contribution in [3.8, 4) is 5.75 Å². The molecule has 1 aromatic heterocycles. The molecule has 2 aromatic rings. The predicted octanol–water partition coefficient (Wildman–Crippen LogP) is 3.67. The number of para-hydroxylation sites is 1. The van der Waals surface area contributed by atoms with Gasteiger partial charge in [0.1, 0.15) is 5.75 Å². The Balaban J connectivity index is 2.12. The monoisotopic (exact) mass is 352 g/mol. The van der Waals surface area contributed by atoms with Gasteiger partial charge in [0.15, 0.2) is 0 Å². The number of thiophene rings is 1. The second kappa shape index (κ2) is 6.67. The molecular weight excluding hydrogens is 340 g/mol. The maximum Gasteiger partial charge on any atom is 0.275 e. The lowest BCUT2D eigenvalue weighted by atomic mass is 10.2. The summed E-state index contributed by atoms with van der Waals surface area (Å²) >= 11 is 4.96. The van der Waals surface area contributed by atoms with Crippen molar-refractivity contribution in [2.75, 3.05) is 7.11 Å². The molecule has 1 aromatic carbocycles. The van der Waals surface area contributed by atoms with Crippen molar-refractivity contribution in [3.05, 3.63) is 50.6 Å². The first kappa shape index (κ1) is 14.7. The Hall–Kier alpha value is -1.66. The summed E-state index contributed by atoms with van der Waals surface area (Å²) in [5.41, 5.74) is 3.75. The van der Waals surface area contributed by atoms with Crippen LogP contribution in [0.1, 0.15) is 22.2 Å². The quantitative estimate of drug-likeness (QED) is 0.674. The molecular formula is C14H13BrN2O2S. The average Bonchev–Trinajstić information content (AvgIpc) is 2.91. The van der Waals surface area contributed by atoms with E-state index in [1.807, 2.05) is 25.1 Å². The lowest BCUT2D eigenvalue weighted by Gasteiger charge is -2.06. The molecule has 0 bridgehead atoms. The summed E-state index contributed by atoms with van der Waals surface area (Å²) in [7, 11) is 1.53. The number of carbonyl (C=O) groups is 1. The number of hydrogen-bond donors (Lipinski definition) is 1. The molecule has 1 N–H and O–H groups in total. The summed E-state index contributed by atoms with van der Waals surface area (Å²) in [5, 5.41) is 4.11. The first-order valence-electron chi connectivity index (χ1n) is 5.85. The Morgan fingerprint density at radius 3 is 2.70 bits per heavy atom. The van der Waals surface area contributed by atoms with Gasteiger partial charge in [-0.15, -0.1) is 11.3 Å². The van der Waals surface area contributed by atoms with Gasteiger partial charge in [0.25, 0.3) is 5.91 Å². The molecule has 0 radical (unpaired) electrons. The van der Waals surface area contributed by atoms with Gasteiger partial charge in [0.2, 0.25) is 0 Å². The van der Waals surface area contributed by atoms with Crippen LogP contribution in [0.4, 0.5) is 0 Å². The summed E-state index contributed by atoms with van der Waals surface area (Å²) in [4.78, 5) is 13.1. The summed E-state index contributed by atoms with van der Waals surface area (Å²) in [6, 6.07) is 10.9. The SMILES string of the molecule is COc1ccccc1C(=O)NN=C(C)c1ccc(Br)s1. The number of halogens is 1. The van der Waals surface area contributed by atoms with E-state index in [1.54, 1.807) is 29.5 Å². The number of nitrogens with one attached hydrogen (secondary N) is 1. The van der Waals surface area contributed by atoms with Crippen LogP contribution in [0.15, 0.2) is 45.3 Å². The van der Waals surface area contributed by atoms with E-state index in [2.05, 4.69) is 26.5 Å². The van der Waals surface area contributed by atoms with Gasteiger partial charge < -0.3 is 4.74 Å². The number of methoxy groups -OCH3 is 1. The highest BCUT2D eigenvalue weighted by molar-refractivity contribution is 9.11. The number of carbonyl (C=O) groups excluding carboxylic acids is 1. The molecule has 1 heterocycles. The highest BCUT2D eigenvalue weighted by atomic mass is 79.9. The maximum atomic E-state index is 12.1. The Morgan fingerprint density at radius 1 is 1.30 bits per heavy atom. The molecule has 0 aliphatic carbocycles. The number of ether oxygens (including phenoxy) is 1. The number of hydrogen-bond acceptors (Lipinski definition) is 4. The van der Waals surface area contributed by atoms with Crippen LogP contribution in [0.3, 0.4) is 0 Å². The zero-order chi connectivity index (χ0) is 14.5. The normalized spacial score (nSPS) is 11.2. The topological polar surface area (TPSA) is 50.7 Å². The fourth-order valence-electron chi connectivity index (χ4n) is 1.59. The van der Waals surface area contributed by atoms with Crippen LogP contribution < -0.4 is 10.2 Å². The lowest BCUT2D eigenvalue weighted by Crippen LogP contribution is -2.19. The van der Waals surface area contributed by atoms with Crippen LogP contribution in [0.2, 0.25) is 0 Å². The third-order valence-electron chi connectivity index (χ3n) is 2.61. The molecule has 0 aliphatic heterocycles. The van der Waals surface area contributed by atoms with Crippen molar-refractivity contribution in [1.82, 2.24) is 5.43 Å². The van der Waals surface area contributed by atoms with Crippen LogP contribution in [0, 0.1) is 0 Å². The molecule has 2 rings (SSSR count). The van der Waals surface area contributed by atoms with Gasteiger partial charge in [0.05, 0.1) is 27.0 Å². The van der Waals surface area contributed by atoms with Crippen LogP contribution in [-0.2, 0) is 0 Å². The zero-order valence-corrected chi connectivity index (χ0v) is 13.4. The standard InChI is InChI=1S/C14H13BrN2O2S/c1-9(12-7-8-13(15)20-12)16-17-14(18)10-5-3-4-6-11(10)19-2/h3-8H,1-2H3,(H,17,18). The van der Waals surface area contributed by atoms with Gasteiger partial charge in [-0.05, 0) is 47.1 Å². The van der Waals surface area contributed by atoms with Crippen molar-refractivity contribution in [3.63, 3.8) is 0 Å². The first-order valence-corrected chi connectivity index (χ1v) is 7.46. The van der Waals surface area contributed by atoms with Crippen LogP contribution in [-0.4, -0.2) is 18.7 Å². The van der Waals surface area contributed by atoms with Crippen molar-refractivity contribution in [2.24, 2.45) is 5.10 Å². The summed E-state index contributed by atoms with van der Waals surface area (Å²) < 4.78 is 6.17. The predicted molar refractivity (Wildman–Crippen MR) is 84.7 cm³/mol. The van der Waals surface area contributed by atoms with Crippen molar-refractivity contribution in [1.29, 1.82) is 0 Å². The third-order valence-corrected chi connectivity index (χ3v) is 4.34. The van der Waals surface area contributed by atoms with Crippen molar-refractivity contribution in [2.45, 2.75) is 6.92 Å². The molecule has 4 nitrogen and oxygen atoms in total. The Morgan fingerprint density at radius 2 is 2.05 bits per heavy atom. The minimum Gasteiger partial charge on any atom is -0.496 e. The molecule has 0 saturated carbocycles. The molecule has 0 saturated heterocycles. The molecule has 104 valence electrons. The van der Waals surface area contributed by atoms with Gasteiger partial charge in [0, 0.05) is 0 Å². The number of amides is 1. The minimum absolute atomic E-state index is 0.294. The van der Waals surface area contributed by atoms with E-state index in [0.29, 0.717) is 11.3 Å². The lowest BCUT2D eigenvalue weighted by molar-refractivity contribution is 0.0952. The third kappa shape index (κ3) is 3.46. The largest absolute Gasteiger partial charge is 0.496 e. The van der Waals surface area contributed by atoms with E-state index < -0.39 is 0 Å². The second-order valence-electron chi connectivity index (χ2n) is 3.94. The summed E-state index contributed by atoms with van der Waals surface area (Å²) in [6.45, 7) is 1.85. The molecule has 1 amide bonds. The van der Waals surface area contributed by atoms with Crippen LogP contribution in [0.5, 0.6) is 5.75 Å². The number of rotatable bonds is 4. The Kier molecular flexibility index (Phi) is 4.92. The highest BCUT2D eigenvalue weighted by Gasteiger charge is 2.11. The smallest absolute Gasteiger partial charge is 0.275 e. The van der Waals surface area contributed by atoms with Crippen molar-refractivity contribution >= 4 is 38.9 Å². The first-order chi connectivity index (χ1) is 9.61. The Bertz CT molecular complexity index is 652. The second-order valence-corrected chi connectivity index (χ2v) is 6.41. The average molecular weight is 353 g/mol. The van der Waals surface area contributed by atoms with Gasteiger partial charge in [-0.3, -0.25) is 4.79 Å². The van der Waals surface area contributed by atoms with E-state index in [4.69, 9.17) is 4.74 Å². The molecule has 0 fully saturated rings. The van der Waals surface area contributed by atoms with E-state index in [0.717, 1.165) is 14.4 Å². The highest BCUT2D eigenvalue weighted by Crippen LogP contribution is 2.22. The molecule has 0 atom stereocenters. The van der Waals surface area contributed by atoms with Gasteiger partial charge in [-0.2, -0.15) is 5.10 Å². The summed E-state index contributed by atoms with van der Waals surface area (Å²) in [5.74, 6) is 0.231. The fraction of sp³-hybridized carbons (Fsp3) is 0.143. The van der Waals surface area contributed by atoms with Crippen molar-refractivity contribution < 1.29 is 9.53 Å².